The summed E-state index contributed by atoms with van der Waals surface area (Å²) in [5.74, 6) is 0.394. The molecule has 0 heterocycles. The number of nitrogens with two attached hydrogens (primary N) is 1. The van der Waals surface area contributed by atoms with Crippen LogP contribution in [0.15, 0.2) is 54.6 Å². The van der Waals surface area contributed by atoms with Crippen molar-refractivity contribution in [1.82, 2.24) is 0 Å². The Morgan fingerprint density at radius 3 is 2.28 bits per heavy atom. The SMILES string of the molecule is Nc1ccccc1OP(=O)(CCl)c1ccccc1. The quantitative estimate of drug-likeness (QED) is 0.530. The van der Waals surface area contributed by atoms with Crippen LogP contribution in [0.1, 0.15) is 0 Å². The zero-order valence-corrected chi connectivity index (χ0v) is 11.3. The highest BCUT2D eigenvalue weighted by Crippen LogP contribution is 2.48. The van der Waals surface area contributed by atoms with E-state index in [4.69, 9.17) is 21.9 Å². The fraction of sp³-hybridized carbons (Fsp3) is 0.0769. The smallest absolute Gasteiger partial charge is 0.291 e. The summed E-state index contributed by atoms with van der Waals surface area (Å²) in [6.07, 6.45) is 0. The highest BCUT2D eigenvalue weighted by atomic mass is 35.5. The molecule has 0 spiro atoms. The number of para-hydroxylation sites is 2. The fourth-order valence-corrected chi connectivity index (χ4v) is 3.49. The number of anilines is 1. The summed E-state index contributed by atoms with van der Waals surface area (Å²) in [6.45, 7) is 0. The Morgan fingerprint density at radius 1 is 1.06 bits per heavy atom. The zero-order valence-electron chi connectivity index (χ0n) is 9.62. The molecular formula is C13H13ClNO2P. The molecular weight excluding hydrogens is 269 g/mol. The predicted molar refractivity (Wildman–Crippen MR) is 75.9 cm³/mol. The van der Waals surface area contributed by atoms with Crippen molar-refractivity contribution in [3.63, 3.8) is 0 Å². The van der Waals surface area contributed by atoms with Crippen LogP contribution in [0.5, 0.6) is 5.75 Å². The molecule has 94 valence electrons. The van der Waals surface area contributed by atoms with Crippen molar-refractivity contribution < 1.29 is 9.09 Å². The van der Waals surface area contributed by atoms with Crippen LogP contribution >= 0.6 is 19.0 Å². The Bertz CT molecular complexity index is 574. The van der Waals surface area contributed by atoms with Crippen molar-refractivity contribution in [2.75, 3.05) is 11.4 Å². The van der Waals surface area contributed by atoms with Crippen LogP contribution < -0.4 is 15.6 Å². The highest BCUT2D eigenvalue weighted by Gasteiger charge is 2.26. The summed E-state index contributed by atoms with van der Waals surface area (Å²) in [4.78, 5) is 0. The molecule has 2 aromatic rings. The Kier molecular flexibility index (Phi) is 3.95. The van der Waals surface area contributed by atoms with E-state index in [9.17, 15) is 4.57 Å². The van der Waals surface area contributed by atoms with Gasteiger partial charge in [0.2, 0.25) is 0 Å². The third-order valence-corrected chi connectivity index (χ3v) is 5.31. The van der Waals surface area contributed by atoms with Gasteiger partial charge < -0.3 is 10.3 Å². The summed E-state index contributed by atoms with van der Waals surface area (Å²) in [6, 6.07) is 15.9. The summed E-state index contributed by atoms with van der Waals surface area (Å²) < 4.78 is 18.3. The van der Waals surface area contributed by atoms with Crippen molar-refractivity contribution in [3.8, 4) is 5.75 Å². The molecule has 0 aliphatic heterocycles. The minimum Gasteiger partial charge on any atom is -0.437 e. The zero-order chi connectivity index (χ0) is 13.0. The largest absolute Gasteiger partial charge is 0.437 e. The Morgan fingerprint density at radius 2 is 1.67 bits per heavy atom. The average Bonchev–Trinajstić information content (AvgIpc) is 2.42. The molecule has 1 atom stereocenters. The number of nitrogen functional groups attached to an aromatic ring is 1. The topological polar surface area (TPSA) is 52.3 Å². The molecule has 0 aliphatic rings. The van der Waals surface area contributed by atoms with Crippen LogP contribution in [0.4, 0.5) is 5.69 Å². The Labute approximate surface area is 111 Å². The molecule has 0 radical (unpaired) electrons. The van der Waals surface area contributed by atoms with Gasteiger partial charge in [0, 0.05) is 5.30 Å². The monoisotopic (exact) mass is 281 g/mol. The Balaban J connectivity index is 2.36. The van der Waals surface area contributed by atoms with Crippen molar-refractivity contribution in [2.45, 2.75) is 0 Å². The van der Waals surface area contributed by atoms with Gasteiger partial charge in [0.1, 0.15) is 11.4 Å². The number of alkyl halides is 1. The third-order valence-electron chi connectivity index (χ3n) is 2.47. The van der Waals surface area contributed by atoms with Crippen LogP contribution in [0.2, 0.25) is 0 Å². The van der Waals surface area contributed by atoms with E-state index in [1.807, 2.05) is 6.07 Å². The first-order valence-corrected chi connectivity index (χ1v) is 7.75. The summed E-state index contributed by atoms with van der Waals surface area (Å²) in [5, 5.41) is 0.586. The maximum atomic E-state index is 12.7. The Hall–Kier alpha value is -1.44. The van der Waals surface area contributed by atoms with Crippen LogP contribution in [-0.4, -0.2) is 5.62 Å². The van der Waals surface area contributed by atoms with E-state index in [1.165, 1.54) is 0 Å². The van der Waals surface area contributed by atoms with Gasteiger partial charge in [0.25, 0.3) is 7.37 Å². The number of hydrogen-bond donors (Lipinski definition) is 1. The van der Waals surface area contributed by atoms with Crippen molar-refractivity contribution in [3.05, 3.63) is 54.6 Å². The van der Waals surface area contributed by atoms with Gasteiger partial charge in [0.15, 0.2) is 0 Å². The van der Waals surface area contributed by atoms with E-state index < -0.39 is 7.37 Å². The molecule has 2 rings (SSSR count). The molecule has 0 fully saturated rings. The molecule has 2 N–H and O–H groups in total. The lowest BCUT2D eigenvalue weighted by Crippen LogP contribution is -2.11. The standard InChI is InChI=1S/C13H13ClNO2P/c14-10-18(16,11-6-2-1-3-7-11)17-13-9-5-4-8-12(13)15/h1-9H,10,15H2. The van der Waals surface area contributed by atoms with Crippen molar-refractivity contribution in [2.24, 2.45) is 0 Å². The van der Waals surface area contributed by atoms with Gasteiger partial charge in [-0.15, -0.1) is 11.6 Å². The molecule has 0 saturated heterocycles. The maximum Gasteiger partial charge on any atom is 0.291 e. The van der Waals surface area contributed by atoms with Gasteiger partial charge in [-0.3, -0.25) is 4.57 Å². The number of hydrogen-bond acceptors (Lipinski definition) is 3. The lowest BCUT2D eigenvalue weighted by molar-refractivity contribution is 0.498. The molecule has 0 aromatic heterocycles. The van der Waals surface area contributed by atoms with E-state index in [0.717, 1.165) is 0 Å². The van der Waals surface area contributed by atoms with E-state index in [1.54, 1.807) is 48.5 Å². The van der Waals surface area contributed by atoms with Crippen molar-refractivity contribution in [1.29, 1.82) is 0 Å². The highest BCUT2D eigenvalue weighted by molar-refractivity contribution is 7.68. The molecule has 18 heavy (non-hydrogen) atoms. The first kappa shape index (κ1) is 13.0. The minimum absolute atomic E-state index is 0.0919. The van der Waals surface area contributed by atoms with Gasteiger partial charge in [-0.05, 0) is 24.3 Å². The van der Waals surface area contributed by atoms with Crippen LogP contribution in [-0.2, 0) is 4.57 Å². The maximum absolute atomic E-state index is 12.7. The van der Waals surface area contributed by atoms with Crippen molar-refractivity contribution >= 4 is 30.0 Å². The normalized spacial score (nSPS) is 13.8. The molecule has 1 unspecified atom stereocenters. The number of rotatable bonds is 4. The van der Waals surface area contributed by atoms with Crippen LogP contribution in [0.3, 0.4) is 0 Å². The molecule has 0 amide bonds. The second kappa shape index (κ2) is 5.47. The first-order valence-electron chi connectivity index (χ1n) is 5.40. The van der Waals surface area contributed by atoms with Crippen LogP contribution in [0.25, 0.3) is 0 Å². The second-order valence-corrected chi connectivity index (χ2v) is 6.76. The van der Waals surface area contributed by atoms with Gasteiger partial charge in [-0.1, -0.05) is 30.3 Å². The molecule has 0 bridgehead atoms. The summed E-state index contributed by atoms with van der Waals surface area (Å²) in [5.41, 5.74) is 6.12. The third kappa shape index (κ3) is 2.69. The molecule has 5 heteroatoms. The summed E-state index contributed by atoms with van der Waals surface area (Å²) >= 11 is 5.82. The van der Waals surface area contributed by atoms with E-state index in [-0.39, 0.29) is 5.62 Å². The van der Waals surface area contributed by atoms with E-state index in [2.05, 4.69) is 0 Å². The van der Waals surface area contributed by atoms with E-state index >= 15 is 0 Å². The molecule has 0 saturated carbocycles. The van der Waals surface area contributed by atoms with E-state index in [0.29, 0.717) is 16.7 Å². The fourth-order valence-electron chi connectivity index (χ4n) is 1.52. The molecule has 2 aromatic carbocycles. The van der Waals surface area contributed by atoms with Gasteiger partial charge in [-0.25, -0.2) is 0 Å². The lowest BCUT2D eigenvalue weighted by Gasteiger charge is -2.18. The van der Waals surface area contributed by atoms with Gasteiger partial charge in [-0.2, -0.15) is 0 Å². The average molecular weight is 282 g/mol. The number of halogens is 1. The second-order valence-electron chi connectivity index (χ2n) is 3.76. The number of benzene rings is 2. The molecule has 0 aliphatic carbocycles. The van der Waals surface area contributed by atoms with Crippen LogP contribution in [0, 0.1) is 0 Å². The van der Waals surface area contributed by atoms with Gasteiger partial charge >= 0.3 is 0 Å². The summed E-state index contributed by atoms with van der Waals surface area (Å²) in [7, 11) is -3.12. The minimum atomic E-state index is -3.12. The lowest BCUT2D eigenvalue weighted by atomic mass is 10.3. The predicted octanol–water partition coefficient (Wildman–Crippen LogP) is 3.45. The first-order chi connectivity index (χ1) is 8.65. The molecule has 3 nitrogen and oxygen atoms in total. The van der Waals surface area contributed by atoms with Gasteiger partial charge in [0.05, 0.1) is 5.69 Å².